The van der Waals surface area contributed by atoms with E-state index >= 15 is 0 Å². The summed E-state index contributed by atoms with van der Waals surface area (Å²) in [5, 5.41) is 32.7. The summed E-state index contributed by atoms with van der Waals surface area (Å²) in [6.07, 6.45) is 0. The van der Waals surface area contributed by atoms with Crippen LogP contribution in [-0.4, -0.2) is 9.85 Å². The predicted octanol–water partition coefficient (Wildman–Crippen LogP) is 13.0. The molecule has 11 rings (SSSR count). The number of anilines is 2. The molecule has 10 aromatic rings. The van der Waals surface area contributed by atoms with Crippen molar-refractivity contribution < 1.29 is 9.85 Å². The van der Waals surface area contributed by atoms with E-state index in [9.17, 15) is 20.2 Å². The normalized spacial score (nSPS) is 15.9. The van der Waals surface area contributed by atoms with Crippen LogP contribution in [0.15, 0.2) is 291 Å². The molecule has 0 saturated carbocycles. The molecule has 0 radical (unpaired) electrons. The van der Waals surface area contributed by atoms with Gasteiger partial charge in [0.1, 0.15) is 57.0 Å². The maximum atomic E-state index is 10.8. The number of nitrogens with zero attached hydrogens (tertiary/aromatic N) is 4. The lowest BCUT2D eigenvalue weighted by Crippen LogP contribution is -2.40. The highest BCUT2D eigenvalue weighted by Crippen LogP contribution is 2.85. The van der Waals surface area contributed by atoms with Crippen LogP contribution in [0.3, 0.4) is 0 Å². The van der Waals surface area contributed by atoms with E-state index < -0.39 is 35.5 Å². The smallest absolute Gasteiger partial charge is 0.269 e. The number of nitro benzene ring substituents is 2. The zero-order chi connectivity index (χ0) is 53.2. The Bertz CT molecular complexity index is 3040. The summed E-state index contributed by atoms with van der Waals surface area (Å²) in [6.45, 7) is 0. The van der Waals surface area contributed by atoms with Gasteiger partial charge in [0, 0.05) is 46.7 Å². The fourth-order valence-electron chi connectivity index (χ4n) is 9.42. The van der Waals surface area contributed by atoms with Gasteiger partial charge >= 0.3 is 0 Å². The van der Waals surface area contributed by atoms with Crippen molar-refractivity contribution >= 4 is 139 Å². The van der Waals surface area contributed by atoms with Crippen molar-refractivity contribution in [2.75, 3.05) is 8.88 Å². The number of hydrogen-bond acceptors (Lipinski definition) is 8. The Kier molecular flexibility index (Phi) is 17.3. The van der Waals surface area contributed by atoms with Crippen molar-refractivity contribution in [2.45, 2.75) is 0 Å². The maximum Gasteiger partial charge on any atom is 0.269 e. The number of rotatable bonds is 12. The summed E-state index contributed by atoms with van der Waals surface area (Å²) in [5.74, 6) is 0. The van der Waals surface area contributed by atoms with Gasteiger partial charge in [-0.05, 0) is 121 Å². The molecular formula is C60H48N4O4P4S4. The highest BCUT2D eigenvalue weighted by molar-refractivity contribution is 8.73. The zero-order valence-electron chi connectivity index (χ0n) is 40.6. The van der Waals surface area contributed by atoms with Crippen LogP contribution in [-0.2, 0) is 48.1 Å². The Hall–Kier alpha value is -6.54. The van der Waals surface area contributed by atoms with E-state index in [1.807, 2.05) is 0 Å². The number of hydrogen-bond donors (Lipinski definition) is 0. The molecule has 0 spiro atoms. The number of benzene rings is 10. The van der Waals surface area contributed by atoms with Crippen molar-refractivity contribution in [3.05, 3.63) is 311 Å². The molecule has 76 heavy (non-hydrogen) atoms. The summed E-state index contributed by atoms with van der Waals surface area (Å²) >= 11 is 22.4. The molecule has 0 atom stereocenters. The van der Waals surface area contributed by atoms with Crippen LogP contribution < -0.4 is 51.3 Å². The molecule has 1 fully saturated rings. The lowest BCUT2D eigenvalue weighted by Gasteiger charge is -2.73. The Balaban J connectivity index is 0.000000139. The second-order valence-electron chi connectivity index (χ2n) is 17.1. The van der Waals surface area contributed by atoms with Crippen LogP contribution in [0.1, 0.15) is 0 Å². The lowest BCUT2D eigenvalue weighted by molar-refractivity contribution is -0.385. The van der Waals surface area contributed by atoms with Gasteiger partial charge in [-0.25, -0.2) is 0 Å². The molecule has 1 saturated heterocycles. The Labute approximate surface area is 465 Å². The quantitative estimate of drug-likeness (QED) is 0.0510. The molecule has 8 nitrogen and oxygen atoms in total. The second-order valence-corrected chi connectivity index (χ2v) is 35.6. The summed E-state index contributed by atoms with van der Waals surface area (Å²) in [6, 6.07) is 99.2. The van der Waals surface area contributed by atoms with E-state index in [4.69, 9.17) is 48.1 Å². The van der Waals surface area contributed by atoms with E-state index in [0.29, 0.717) is 11.4 Å². The molecule has 376 valence electrons. The number of nitro groups is 2. The zero-order valence-corrected chi connectivity index (χ0v) is 47.4. The largest absolute Gasteiger partial charge is 0.704 e. The van der Waals surface area contributed by atoms with Gasteiger partial charge in [0.15, 0.2) is 0 Å². The fraction of sp³-hybridized carbons (Fsp3) is 0. The van der Waals surface area contributed by atoms with Crippen molar-refractivity contribution in [3.8, 4) is 0 Å². The van der Waals surface area contributed by atoms with Crippen LogP contribution in [0, 0.1) is 20.2 Å². The SMILES string of the molecule is O=[N+]([O-])c1ccc(N2P(=S)([S-])N(c3ccc([N+](=O)[O-])cc3)P2(=S)[S-])cc1.c1ccc([P+](c2ccccc2)(c2ccccc2)c2ccccc2)cc1.c1ccc([P+](c2ccccc2)(c2ccccc2)c2ccccc2)cc1. The van der Waals surface area contributed by atoms with E-state index in [2.05, 4.69) is 243 Å². The van der Waals surface area contributed by atoms with Gasteiger partial charge in [0.25, 0.3) is 11.4 Å². The minimum atomic E-state index is -2.74. The van der Waals surface area contributed by atoms with Crippen LogP contribution in [0.25, 0.3) is 0 Å². The predicted molar refractivity (Wildman–Crippen MR) is 337 cm³/mol. The van der Waals surface area contributed by atoms with Crippen LogP contribution >= 0.6 is 25.6 Å². The third kappa shape index (κ3) is 10.9. The average molecular weight is 1140 g/mol. The first-order valence-electron chi connectivity index (χ1n) is 23.9. The molecule has 0 bridgehead atoms. The van der Waals surface area contributed by atoms with Crippen molar-refractivity contribution in [1.29, 1.82) is 0 Å². The third-order valence-electron chi connectivity index (χ3n) is 12.7. The van der Waals surface area contributed by atoms with E-state index in [1.54, 1.807) is 8.88 Å². The fourth-order valence-corrected chi connectivity index (χ4v) is 35.9. The van der Waals surface area contributed by atoms with Gasteiger partial charge < -0.3 is 33.4 Å². The molecule has 16 heteroatoms. The topological polar surface area (TPSA) is 92.8 Å². The van der Waals surface area contributed by atoms with Gasteiger partial charge in [-0.1, -0.05) is 169 Å². The molecule has 1 heterocycles. The van der Waals surface area contributed by atoms with Crippen molar-refractivity contribution in [2.24, 2.45) is 0 Å². The van der Waals surface area contributed by atoms with Gasteiger partial charge in [-0.2, -0.15) is 0 Å². The number of non-ortho nitro benzene ring substituents is 2. The van der Waals surface area contributed by atoms with Crippen molar-refractivity contribution in [1.82, 2.24) is 0 Å². The lowest BCUT2D eigenvalue weighted by atomic mass is 10.3. The highest BCUT2D eigenvalue weighted by Gasteiger charge is 2.49. The third-order valence-corrected chi connectivity index (χ3v) is 34.0. The van der Waals surface area contributed by atoms with Gasteiger partial charge in [-0.3, -0.25) is 20.2 Å². The second kappa shape index (κ2) is 24.2. The van der Waals surface area contributed by atoms with Crippen LogP contribution in [0.2, 0.25) is 0 Å². The van der Waals surface area contributed by atoms with Crippen LogP contribution in [0.5, 0.6) is 0 Å². The summed E-state index contributed by atoms with van der Waals surface area (Å²) in [7, 11) is -3.81. The first-order valence-corrected chi connectivity index (χ1v) is 34.9. The molecule has 10 aromatic carbocycles. The van der Waals surface area contributed by atoms with E-state index in [-0.39, 0.29) is 11.4 Å². The van der Waals surface area contributed by atoms with Gasteiger partial charge in [0.05, 0.1) is 9.85 Å². The minimum Gasteiger partial charge on any atom is -0.704 e. The molecular weight excluding hydrogens is 1090 g/mol. The standard InChI is InChI=1S/2C24H20P.C12H10N4O4P2S4/c2*1-5-13-21(14-6-1)25(22-15-7-2-8-16-22,23-17-9-3-10-18-23)24-19-11-4-12-20-24;17-13(18)9-1-5-11(6-2-9)15-21(23,24)16(22(15,25)26)12-7-3-10(4-8-12)14(19)20/h2*1-20H;1-8H,(H,23,24)(H,25,26)/q2*+1;/p-2. The van der Waals surface area contributed by atoms with E-state index in [0.717, 1.165) is 0 Å². The monoisotopic (exact) mass is 1140 g/mol. The van der Waals surface area contributed by atoms with Crippen molar-refractivity contribution in [3.63, 3.8) is 0 Å². The van der Waals surface area contributed by atoms with Crippen LogP contribution in [0.4, 0.5) is 22.7 Å². The molecule has 0 aliphatic carbocycles. The maximum absolute atomic E-state index is 10.8. The Morgan fingerprint density at radius 3 is 0.605 bits per heavy atom. The highest BCUT2D eigenvalue weighted by atomic mass is 32.9. The molecule has 0 aromatic heterocycles. The average Bonchev–Trinajstić information content (AvgIpc) is 3.54. The molecule has 1 aliphatic heterocycles. The first-order chi connectivity index (χ1) is 36.9. The summed E-state index contributed by atoms with van der Waals surface area (Å²) < 4.78 is 3.31. The van der Waals surface area contributed by atoms with Gasteiger partial charge in [0.2, 0.25) is 0 Å². The molecule has 0 unspecified atom stereocenters. The van der Waals surface area contributed by atoms with Gasteiger partial charge in [-0.15, -0.1) is 0 Å². The Morgan fingerprint density at radius 2 is 0.461 bits per heavy atom. The first kappa shape index (κ1) is 54.3. The minimum absolute atomic E-state index is 0.0585. The molecule has 0 N–H and O–H groups in total. The molecule has 1 aliphatic rings. The summed E-state index contributed by atoms with van der Waals surface area (Å²) in [4.78, 5) is 20.6. The summed E-state index contributed by atoms with van der Waals surface area (Å²) in [5.41, 5.74) is -4.49. The van der Waals surface area contributed by atoms with E-state index in [1.165, 1.54) is 91.0 Å². The Morgan fingerprint density at radius 1 is 0.303 bits per heavy atom. The molecule has 0 amide bonds.